The zero-order valence-electron chi connectivity index (χ0n) is 8.96. The minimum absolute atomic E-state index is 0.573. The van der Waals surface area contributed by atoms with E-state index in [0.29, 0.717) is 5.92 Å². The molecule has 2 nitrogen and oxygen atoms in total. The van der Waals surface area contributed by atoms with Crippen molar-refractivity contribution in [1.29, 1.82) is 0 Å². The van der Waals surface area contributed by atoms with E-state index < -0.39 is 0 Å². The molecule has 0 saturated heterocycles. The van der Waals surface area contributed by atoms with Gasteiger partial charge in [0.2, 0.25) is 0 Å². The highest BCUT2D eigenvalue weighted by molar-refractivity contribution is 5.84. The molecule has 2 aromatic rings. The molecular formula is C12H16N2. The first kappa shape index (κ1) is 9.25. The Bertz CT molecular complexity index is 443. The highest BCUT2D eigenvalue weighted by atomic mass is 14.7. The smallest absolute Gasteiger partial charge is 0.0523 e. The number of rotatable bonds is 2. The lowest BCUT2D eigenvalue weighted by atomic mass is 9.98. The fraction of sp³-hybridized carbons (Fsp3) is 0.417. The maximum absolute atomic E-state index is 4.43. The lowest BCUT2D eigenvalue weighted by Crippen LogP contribution is -1.95. The number of aromatic nitrogens is 2. The Labute approximate surface area is 84.4 Å². The van der Waals surface area contributed by atoms with Crippen LogP contribution in [0.3, 0.4) is 0 Å². The first-order chi connectivity index (χ1) is 6.74. The first-order valence-corrected chi connectivity index (χ1v) is 5.16. The summed E-state index contributed by atoms with van der Waals surface area (Å²) in [6.07, 6.45) is 5.15. The third-order valence-electron chi connectivity index (χ3n) is 2.97. The molecule has 2 heterocycles. The molecule has 0 radical (unpaired) electrons. The third-order valence-corrected chi connectivity index (χ3v) is 2.97. The van der Waals surface area contributed by atoms with E-state index in [9.17, 15) is 0 Å². The van der Waals surface area contributed by atoms with Crippen molar-refractivity contribution in [3.05, 3.63) is 29.7 Å². The Morgan fingerprint density at radius 1 is 1.50 bits per heavy atom. The molecule has 0 spiro atoms. The van der Waals surface area contributed by atoms with E-state index in [0.717, 1.165) is 12.1 Å². The molecule has 2 aromatic heterocycles. The predicted octanol–water partition coefficient (Wildman–Crippen LogP) is 3.38. The van der Waals surface area contributed by atoms with Crippen LogP contribution in [0.2, 0.25) is 0 Å². The lowest BCUT2D eigenvalue weighted by Gasteiger charge is -2.10. The van der Waals surface area contributed by atoms with Gasteiger partial charge in [-0.2, -0.15) is 0 Å². The minimum atomic E-state index is 0.573. The van der Waals surface area contributed by atoms with E-state index in [1.807, 2.05) is 12.4 Å². The Morgan fingerprint density at radius 2 is 2.29 bits per heavy atom. The Balaban J connectivity index is 2.66. The standard InChI is InChI=1S/C12H16N2/c1-4-8(2)11-7-14-9(3)10-5-6-13-12(10)11/h5-8,13H,4H2,1-3H3. The molecule has 0 fully saturated rings. The van der Waals surface area contributed by atoms with Crippen LogP contribution >= 0.6 is 0 Å². The monoisotopic (exact) mass is 188 g/mol. The van der Waals surface area contributed by atoms with E-state index in [-0.39, 0.29) is 0 Å². The van der Waals surface area contributed by atoms with E-state index in [1.165, 1.54) is 16.5 Å². The van der Waals surface area contributed by atoms with Gasteiger partial charge in [-0.15, -0.1) is 0 Å². The number of H-pyrrole nitrogens is 1. The number of aryl methyl sites for hydroxylation is 1. The number of hydrogen-bond donors (Lipinski definition) is 1. The van der Waals surface area contributed by atoms with Crippen molar-refractivity contribution in [2.24, 2.45) is 0 Å². The van der Waals surface area contributed by atoms with Crippen LogP contribution in [-0.4, -0.2) is 9.97 Å². The summed E-state index contributed by atoms with van der Waals surface area (Å²) in [6.45, 7) is 6.50. The summed E-state index contributed by atoms with van der Waals surface area (Å²) in [6, 6.07) is 2.10. The number of fused-ring (bicyclic) bond motifs is 1. The highest BCUT2D eigenvalue weighted by Gasteiger charge is 2.10. The predicted molar refractivity (Wildman–Crippen MR) is 59.5 cm³/mol. The van der Waals surface area contributed by atoms with Crippen LogP contribution in [0.1, 0.15) is 37.4 Å². The van der Waals surface area contributed by atoms with Crippen LogP contribution in [0.15, 0.2) is 18.5 Å². The highest BCUT2D eigenvalue weighted by Crippen LogP contribution is 2.26. The third kappa shape index (κ3) is 1.31. The van der Waals surface area contributed by atoms with Crippen LogP contribution in [0.25, 0.3) is 10.9 Å². The van der Waals surface area contributed by atoms with Crippen molar-refractivity contribution in [3.63, 3.8) is 0 Å². The second-order valence-electron chi connectivity index (χ2n) is 3.87. The van der Waals surface area contributed by atoms with Gasteiger partial charge in [0, 0.05) is 23.5 Å². The van der Waals surface area contributed by atoms with Crippen LogP contribution in [0.5, 0.6) is 0 Å². The number of nitrogens with zero attached hydrogens (tertiary/aromatic N) is 1. The SMILES string of the molecule is CCC(C)c1cnc(C)c2cc[nH]c12. The molecule has 0 aliphatic heterocycles. The Morgan fingerprint density at radius 3 is 3.00 bits per heavy atom. The quantitative estimate of drug-likeness (QED) is 0.769. The maximum Gasteiger partial charge on any atom is 0.0523 e. The first-order valence-electron chi connectivity index (χ1n) is 5.16. The van der Waals surface area contributed by atoms with Gasteiger partial charge in [-0.3, -0.25) is 4.98 Å². The largest absolute Gasteiger partial charge is 0.361 e. The number of nitrogens with one attached hydrogen (secondary N) is 1. The summed E-state index contributed by atoms with van der Waals surface area (Å²) < 4.78 is 0. The van der Waals surface area contributed by atoms with Gasteiger partial charge in [0.25, 0.3) is 0 Å². The van der Waals surface area contributed by atoms with Crippen LogP contribution < -0.4 is 0 Å². The molecule has 0 aliphatic carbocycles. The lowest BCUT2D eigenvalue weighted by molar-refractivity contribution is 0.734. The summed E-state index contributed by atoms with van der Waals surface area (Å²) >= 11 is 0. The van der Waals surface area contributed by atoms with E-state index in [4.69, 9.17) is 0 Å². The molecule has 1 atom stereocenters. The topological polar surface area (TPSA) is 28.7 Å². The van der Waals surface area contributed by atoms with E-state index in [1.54, 1.807) is 0 Å². The van der Waals surface area contributed by atoms with Crippen molar-refractivity contribution in [1.82, 2.24) is 9.97 Å². The zero-order valence-corrected chi connectivity index (χ0v) is 8.96. The molecule has 2 heteroatoms. The molecule has 0 amide bonds. The molecule has 74 valence electrons. The summed E-state index contributed by atoms with van der Waals surface area (Å²) in [7, 11) is 0. The molecular weight excluding hydrogens is 172 g/mol. The Kier molecular flexibility index (Phi) is 2.28. The molecule has 2 rings (SSSR count). The average molecular weight is 188 g/mol. The van der Waals surface area contributed by atoms with E-state index >= 15 is 0 Å². The molecule has 0 aromatic carbocycles. The van der Waals surface area contributed by atoms with Gasteiger partial charge in [-0.1, -0.05) is 13.8 Å². The minimum Gasteiger partial charge on any atom is -0.361 e. The summed E-state index contributed by atoms with van der Waals surface area (Å²) in [4.78, 5) is 7.73. The fourth-order valence-electron chi connectivity index (χ4n) is 1.80. The van der Waals surface area contributed by atoms with Crippen LogP contribution in [0.4, 0.5) is 0 Å². The van der Waals surface area contributed by atoms with Crippen molar-refractivity contribution in [2.45, 2.75) is 33.1 Å². The van der Waals surface area contributed by atoms with Gasteiger partial charge in [0.15, 0.2) is 0 Å². The molecule has 0 aliphatic rings. The van der Waals surface area contributed by atoms with Gasteiger partial charge < -0.3 is 4.98 Å². The van der Waals surface area contributed by atoms with Crippen molar-refractivity contribution in [3.8, 4) is 0 Å². The number of aromatic amines is 1. The molecule has 0 saturated carbocycles. The van der Waals surface area contributed by atoms with Gasteiger partial charge in [0.05, 0.1) is 5.52 Å². The molecule has 14 heavy (non-hydrogen) atoms. The molecule has 1 unspecified atom stereocenters. The number of hydrogen-bond acceptors (Lipinski definition) is 1. The summed E-state index contributed by atoms with van der Waals surface area (Å²) in [5.41, 5.74) is 3.69. The average Bonchev–Trinajstić information content (AvgIpc) is 2.67. The molecule has 1 N–H and O–H groups in total. The van der Waals surface area contributed by atoms with Gasteiger partial charge >= 0.3 is 0 Å². The van der Waals surface area contributed by atoms with Gasteiger partial charge in [-0.05, 0) is 30.9 Å². The normalized spacial score (nSPS) is 13.4. The second-order valence-corrected chi connectivity index (χ2v) is 3.87. The maximum atomic E-state index is 4.43. The number of pyridine rings is 1. The van der Waals surface area contributed by atoms with Crippen LogP contribution in [0, 0.1) is 6.92 Å². The Hall–Kier alpha value is -1.31. The van der Waals surface area contributed by atoms with Crippen molar-refractivity contribution in [2.75, 3.05) is 0 Å². The molecule has 0 bridgehead atoms. The summed E-state index contributed by atoms with van der Waals surface area (Å²) in [5.74, 6) is 0.573. The van der Waals surface area contributed by atoms with Gasteiger partial charge in [0.1, 0.15) is 0 Å². The fourth-order valence-corrected chi connectivity index (χ4v) is 1.80. The van der Waals surface area contributed by atoms with Gasteiger partial charge in [-0.25, -0.2) is 0 Å². The van der Waals surface area contributed by atoms with E-state index in [2.05, 4.69) is 36.8 Å². The van der Waals surface area contributed by atoms with Crippen molar-refractivity contribution >= 4 is 10.9 Å². The zero-order chi connectivity index (χ0) is 10.1. The van der Waals surface area contributed by atoms with Crippen LogP contribution in [-0.2, 0) is 0 Å². The second kappa shape index (κ2) is 3.45. The summed E-state index contributed by atoms with van der Waals surface area (Å²) in [5, 5.41) is 1.25. The van der Waals surface area contributed by atoms with Crippen molar-refractivity contribution < 1.29 is 0 Å².